The fourth-order valence-electron chi connectivity index (χ4n) is 2.58. The molecule has 0 unspecified atom stereocenters. The normalized spacial score (nSPS) is 10.5. The van der Waals surface area contributed by atoms with Crippen molar-refractivity contribution in [1.29, 1.82) is 0 Å². The number of benzene rings is 2. The van der Waals surface area contributed by atoms with Crippen LogP contribution in [0.3, 0.4) is 0 Å². The standard InChI is InChI=1S/C20H21N3O2S/c1-14-13-26-20(22-14)23-19(25)17-8-6-15(7-9-17)12-21-18-5-3-2-4-16(18)10-11-24/h2-9,13,21,24H,10-12H2,1H3,(H,22,23,25). The molecule has 0 saturated carbocycles. The molecule has 0 atom stereocenters. The van der Waals surface area contributed by atoms with Crippen molar-refractivity contribution in [1.82, 2.24) is 4.98 Å². The van der Waals surface area contributed by atoms with Gasteiger partial charge in [-0.15, -0.1) is 11.3 Å². The summed E-state index contributed by atoms with van der Waals surface area (Å²) in [5, 5.41) is 17.9. The minimum atomic E-state index is -0.160. The second kappa shape index (κ2) is 8.60. The maximum absolute atomic E-state index is 12.2. The smallest absolute Gasteiger partial charge is 0.257 e. The minimum absolute atomic E-state index is 0.126. The third-order valence-corrected chi connectivity index (χ3v) is 4.81. The van der Waals surface area contributed by atoms with E-state index in [1.165, 1.54) is 11.3 Å². The van der Waals surface area contributed by atoms with E-state index in [9.17, 15) is 4.79 Å². The first kappa shape index (κ1) is 18.1. The number of aliphatic hydroxyl groups is 1. The Kier molecular flexibility index (Phi) is 5.99. The van der Waals surface area contributed by atoms with Gasteiger partial charge in [0.2, 0.25) is 0 Å². The van der Waals surface area contributed by atoms with E-state index in [0.29, 0.717) is 23.7 Å². The van der Waals surface area contributed by atoms with Gasteiger partial charge in [-0.2, -0.15) is 0 Å². The predicted molar refractivity (Wildman–Crippen MR) is 106 cm³/mol. The molecule has 0 aliphatic rings. The lowest BCUT2D eigenvalue weighted by atomic mass is 10.1. The van der Waals surface area contributed by atoms with Crippen molar-refractivity contribution in [3.8, 4) is 0 Å². The average Bonchev–Trinajstić information content (AvgIpc) is 3.06. The van der Waals surface area contributed by atoms with E-state index in [0.717, 1.165) is 22.5 Å². The number of carbonyl (C=O) groups excluding carboxylic acids is 1. The van der Waals surface area contributed by atoms with Crippen LogP contribution in [0.5, 0.6) is 0 Å². The lowest BCUT2D eigenvalue weighted by Crippen LogP contribution is -2.12. The first-order chi connectivity index (χ1) is 12.7. The second-order valence-corrected chi connectivity index (χ2v) is 6.79. The van der Waals surface area contributed by atoms with Crippen LogP contribution >= 0.6 is 11.3 Å². The van der Waals surface area contributed by atoms with Gasteiger partial charge in [-0.3, -0.25) is 10.1 Å². The summed E-state index contributed by atoms with van der Waals surface area (Å²) >= 11 is 1.42. The fraction of sp³-hybridized carbons (Fsp3) is 0.200. The van der Waals surface area contributed by atoms with E-state index >= 15 is 0 Å². The van der Waals surface area contributed by atoms with Gasteiger partial charge in [-0.1, -0.05) is 30.3 Å². The third-order valence-electron chi connectivity index (χ3n) is 3.94. The van der Waals surface area contributed by atoms with E-state index in [1.807, 2.05) is 60.8 Å². The van der Waals surface area contributed by atoms with Crippen LogP contribution in [0.4, 0.5) is 10.8 Å². The minimum Gasteiger partial charge on any atom is -0.396 e. The van der Waals surface area contributed by atoms with E-state index in [1.54, 1.807) is 0 Å². The van der Waals surface area contributed by atoms with Gasteiger partial charge in [-0.05, 0) is 42.7 Å². The molecule has 5 nitrogen and oxygen atoms in total. The fourth-order valence-corrected chi connectivity index (χ4v) is 3.27. The average molecular weight is 367 g/mol. The first-order valence-corrected chi connectivity index (χ1v) is 9.29. The summed E-state index contributed by atoms with van der Waals surface area (Å²) in [6.07, 6.45) is 0.624. The molecule has 0 spiro atoms. The molecule has 134 valence electrons. The van der Waals surface area contributed by atoms with E-state index < -0.39 is 0 Å². The molecule has 26 heavy (non-hydrogen) atoms. The molecule has 3 rings (SSSR count). The van der Waals surface area contributed by atoms with Crippen LogP contribution in [0.25, 0.3) is 0 Å². The number of amides is 1. The van der Waals surface area contributed by atoms with Crippen LogP contribution in [0.2, 0.25) is 0 Å². The highest BCUT2D eigenvalue weighted by Crippen LogP contribution is 2.18. The number of carbonyl (C=O) groups is 1. The number of aromatic nitrogens is 1. The van der Waals surface area contributed by atoms with Crippen LogP contribution in [0.1, 0.15) is 27.2 Å². The molecule has 0 saturated heterocycles. The van der Waals surface area contributed by atoms with Crippen molar-refractivity contribution < 1.29 is 9.90 Å². The zero-order valence-electron chi connectivity index (χ0n) is 14.5. The highest BCUT2D eigenvalue weighted by Gasteiger charge is 2.08. The lowest BCUT2D eigenvalue weighted by Gasteiger charge is -2.11. The number of aryl methyl sites for hydroxylation is 1. The maximum Gasteiger partial charge on any atom is 0.257 e. The Morgan fingerprint density at radius 3 is 2.62 bits per heavy atom. The van der Waals surface area contributed by atoms with Crippen LogP contribution in [-0.4, -0.2) is 22.6 Å². The molecule has 0 aliphatic heterocycles. The summed E-state index contributed by atoms with van der Waals surface area (Å²) in [5.74, 6) is -0.160. The van der Waals surface area contributed by atoms with Crippen molar-refractivity contribution in [3.05, 3.63) is 76.3 Å². The van der Waals surface area contributed by atoms with Gasteiger partial charge in [0, 0.05) is 29.8 Å². The Balaban J connectivity index is 1.60. The van der Waals surface area contributed by atoms with Crippen LogP contribution < -0.4 is 10.6 Å². The summed E-state index contributed by atoms with van der Waals surface area (Å²) in [6.45, 7) is 2.67. The summed E-state index contributed by atoms with van der Waals surface area (Å²) in [4.78, 5) is 16.5. The van der Waals surface area contributed by atoms with Crippen LogP contribution in [0.15, 0.2) is 53.9 Å². The van der Waals surface area contributed by atoms with Crippen molar-refractivity contribution in [3.63, 3.8) is 0 Å². The predicted octanol–water partition coefficient (Wildman–Crippen LogP) is 3.85. The number of para-hydroxylation sites is 1. The summed E-state index contributed by atoms with van der Waals surface area (Å²) in [6, 6.07) is 15.4. The van der Waals surface area contributed by atoms with Gasteiger partial charge in [0.1, 0.15) is 0 Å². The van der Waals surface area contributed by atoms with Crippen LogP contribution in [-0.2, 0) is 13.0 Å². The Hall–Kier alpha value is -2.70. The SMILES string of the molecule is Cc1csc(NC(=O)c2ccc(CNc3ccccc3CCO)cc2)n1. The highest BCUT2D eigenvalue weighted by molar-refractivity contribution is 7.13. The molecule has 0 aliphatic carbocycles. The molecular weight excluding hydrogens is 346 g/mol. The largest absolute Gasteiger partial charge is 0.396 e. The van der Waals surface area contributed by atoms with Gasteiger partial charge in [0.05, 0.1) is 5.69 Å². The molecule has 1 amide bonds. The van der Waals surface area contributed by atoms with Gasteiger partial charge >= 0.3 is 0 Å². The summed E-state index contributed by atoms with van der Waals surface area (Å²) in [5.41, 5.74) is 4.67. The Morgan fingerprint density at radius 1 is 1.15 bits per heavy atom. The monoisotopic (exact) mass is 367 g/mol. The molecule has 0 fully saturated rings. The van der Waals surface area contributed by atoms with E-state index in [2.05, 4.69) is 15.6 Å². The van der Waals surface area contributed by atoms with E-state index in [4.69, 9.17) is 5.11 Å². The Bertz CT molecular complexity index is 875. The molecule has 0 radical (unpaired) electrons. The lowest BCUT2D eigenvalue weighted by molar-refractivity contribution is 0.102. The number of aliphatic hydroxyl groups excluding tert-OH is 1. The second-order valence-electron chi connectivity index (χ2n) is 5.93. The molecule has 0 bridgehead atoms. The molecule has 3 aromatic rings. The van der Waals surface area contributed by atoms with Crippen molar-refractivity contribution in [2.45, 2.75) is 19.9 Å². The molecule has 6 heteroatoms. The van der Waals surface area contributed by atoms with Gasteiger partial charge in [0.25, 0.3) is 5.91 Å². The molecule has 3 N–H and O–H groups in total. The molecular formula is C20H21N3O2S. The molecule has 1 heterocycles. The van der Waals surface area contributed by atoms with Gasteiger partial charge < -0.3 is 10.4 Å². The van der Waals surface area contributed by atoms with Crippen molar-refractivity contribution in [2.24, 2.45) is 0 Å². The Morgan fingerprint density at radius 2 is 1.92 bits per heavy atom. The van der Waals surface area contributed by atoms with Gasteiger partial charge in [-0.25, -0.2) is 4.98 Å². The first-order valence-electron chi connectivity index (χ1n) is 8.41. The quantitative estimate of drug-likeness (QED) is 0.593. The number of hydrogen-bond donors (Lipinski definition) is 3. The summed E-state index contributed by atoms with van der Waals surface area (Å²) in [7, 11) is 0. The van der Waals surface area contributed by atoms with E-state index in [-0.39, 0.29) is 12.5 Å². The topological polar surface area (TPSA) is 74.2 Å². The zero-order valence-corrected chi connectivity index (χ0v) is 15.3. The number of thiazole rings is 1. The van der Waals surface area contributed by atoms with Crippen LogP contribution in [0, 0.1) is 6.92 Å². The zero-order chi connectivity index (χ0) is 18.4. The number of hydrogen-bond acceptors (Lipinski definition) is 5. The summed E-state index contributed by atoms with van der Waals surface area (Å²) < 4.78 is 0. The molecule has 1 aromatic heterocycles. The van der Waals surface area contributed by atoms with Gasteiger partial charge in [0.15, 0.2) is 5.13 Å². The number of rotatable bonds is 7. The molecule has 2 aromatic carbocycles. The van der Waals surface area contributed by atoms with Crippen molar-refractivity contribution in [2.75, 3.05) is 17.2 Å². The number of nitrogens with zero attached hydrogens (tertiary/aromatic N) is 1. The number of anilines is 2. The Labute approximate surface area is 156 Å². The van der Waals surface area contributed by atoms with Crippen molar-refractivity contribution >= 4 is 28.1 Å². The number of nitrogens with one attached hydrogen (secondary N) is 2. The maximum atomic E-state index is 12.2. The third kappa shape index (κ3) is 4.68. The highest BCUT2D eigenvalue weighted by atomic mass is 32.1.